The third-order valence-corrected chi connectivity index (χ3v) is 3.27. The highest BCUT2D eigenvalue weighted by atomic mass is 16.5. The highest BCUT2D eigenvalue weighted by Crippen LogP contribution is 2.48. The van der Waals surface area contributed by atoms with E-state index >= 15 is 0 Å². The van der Waals surface area contributed by atoms with Gasteiger partial charge in [-0.05, 0) is 30.0 Å². The van der Waals surface area contributed by atoms with E-state index < -0.39 is 0 Å². The lowest BCUT2D eigenvalue weighted by molar-refractivity contribution is 0.357. The number of fused-ring (bicyclic) bond motifs is 1. The van der Waals surface area contributed by atoms with Crippen LogP contribution in [-0.4, -0.2) is 6.61 Å². The van der Waals surface area contributed by atoms with Crippen molar-refractivity contribution in [2.24, 2.45) is 0 Å². The zero-order valence-corrected chi connectivity index (χ0v) is 8.05. The van der Waals surface area contributed by atoms with E-state index in [1.807, 2.05) is 0 Å². The van der Waals surface area contributed by atoms with Crippen molar-refractivity contribution in [3.8, 4) is 18.1 Å². The molecule has 1 heterocycles. The van der Waals surface area contributed by atoms with Crippen LogP contribution in [0.4, 0.5) is 0 Å². The van der Waals surface area contributed by atoms with Crippen LogP contribution >= 0.6 is 0 Å². The molecule has 0 unspecified atom stereocenters. The van der Waals surface area contributed by atoms with Crippen molar-refractivity contribution in [3.05, 3.63) is 29.3 Å². The molecular weight excluding hydrogens is 172 g/mol. The van der Waals surface area contributed by atoms with Gasteiger partial charge in [0.2, 0.25) is 0 Å². The minimum absolute atomic E-state index is 0.0671. The van der Waals surface area contributed by atoms with Crippen molar-refractivity contribution < 1.29 is 4.74 Å². The first-order chi connectivity index (χ1) is 6.84. The Kier molecular flexibility index (Phi) is 1.44. The van der Waals surface area contributed by atoms with Gasteiger partial charge in [-0.2, -0.15) is 0 Å². The monoisotopic (exact) mass is 184 g/mol. The van der Waals surface area contributed by atoms with Crippen LogP contribution in [0.25, 0.3) is 0 Å². The number of ether oxygens (including phenoxy) is 1. The number of hydrogen-bond donors (Lipinski definition) is 0. The van der Waals surface area contributed by atoms with Gasteiger partial charge < -0.3 is 4.74 Å². The van der Waals surface area contributed by atoms with Crippen LogP contribution < -0.4 is 4.74 Å². The second kappa shape index (κ2) is 2.54. The number of hydrogen-bond acceptors (Lipinski definition) is 1. The fraction of sp³-hybridized carbons (Fsp3) is 0.385. The molecule has 1 fully saturated rings. The Labute approximate surface area is 84.1 Å². The molecule has 0 radical (unpaired) electrons. The summed E-state index contributed by atoms with van der Waals surface area (Å²) < 4.78 is 5.47. The van der Waals surface area contributed by atoms with Gasteiger partial charge in [0.1, 0.15) is 5.75 Å². The summed E-state index contributed by atoms with van der Waals surface area (Å²) in [7, 11) is 0. The summed E-state index contributed by atoms with van der Waals surface area (Å²) in [5, 5.41) is 0. The van der Waals surface area contributed by atoms with E-state index in [2.05, 4.69) is 24.1 Å². The van der Waals surface area contributed by atoms with Gasteiger partial charge in [0.15, 0.2) is 0 Å². The maximum Gasteiger partial charge on any atom is 0.122 e. The Morgan fingerprint density at radius 3 is 2.93 bits per heavy atom. The average Bonchev–Trinajstić information content (AvgIpc) is 2.89. The lowest BCUT2D eigenvalue weighted by Gasteiger charge is -2.09. The van der Waals surface area contributed by atoms with Gasteiger partial charge >= 0.3 is 0 Å². The molecule has 0 saturated heterocycles. The van der Waals surface area contributed by atoms with Crippen LogP contribution in [0.5, 0.6) is 5.75 Å². The molecule has 3 rings (SSSR count). The molecule has 14 heavy (non-hydrogen) atoms. The molecule has 0 amide bonds. The lowest BCUT2D eigenvalue weighted by Crippen LogP contribution is -2.02. The molecule has 1 aromatic rings. The number of terminal acetylenes is 1. The Morgan fingerprint density at radius 1 is 1.36 bits per heavy atom. The van der Waals surface area contributed by atoms with E-state index in [-0.39, 0.29) is 5.41 Å². The van der Waals surface area contributed by atoms with Gasteiger partial charge in [-0.1, -0.05) is 18.1 Å². The second-order valence-corrected chi connectivity index (χ2v) is 4.15. The standard InChI is InChI=1S/C13H12O/c1-2-13(6-7-13)11-3-4-12-10(9-11)5-8-14-12/h1,3-4,9H,5-8H2. The maximum atomic E-state index is 5.56. The van der Waals surface area contributed by atoms with E-state index in [1.165, 1.54) is 11.1 Å². The number of rotatable bonds is 1. The van der Waals surface area contributed by atoms with E-state index in [1.54, 1.807) is 0 Å². The van der Waals surface area contributed by atoms with Crippen molar-refractivity contribution in [2.75, 3.05) is 6.61 Å². The van der Waals surface area contributed by atoms with Crippen LogP contribution in [-0.2, 0) is 11.8 Å². The van der Waals surface area contributed by atoms with Crippen molar-refractivity contribution in [1.29, 1.82) is 0 Å². The molecular formula is C13H12O. The molecule has 0 N–H and O–H groups in total. The highest BCUT2D eigenvalue weighted by Gasteiger charge is 2.42. The van der Waals surface area contributed by atoms with Crippen molar-refractivity contribution >= 4 is 0 Å². The van der Waals surface area contributed by atoms with Crippen LogP contribution in [0.3, 0.4) is 0 Å². The fourth-order valence-corrected chi connectivity index (χ4v) is 2.13. The zero-order valence-electron chi connectivity index (χ0n) is 8.05. The molecule has 0 spiro atoms. The first-order valence-corrected chi connectivity index (χ1v) is 5.08. The van der Waals surface area contributed by atoms with Gasteiger partial charge in [-0.3, -0.25) is 0 Å². The minimum Gasteiger partial charge on any atom is -0.493 e. The topological polar surface area (TPSA) is 9.23 Å². The third kappa shape index (κ3) is 0.974. The summed E-state index contributed by atoms with van der Waals surface area (Å²) >= 11 is 0. The zero-order chi connectivity index (χ0) is 9.60. The molecule has 1 nitrogen and oxygen atoms in total. The van der Waals surface area contributed by atoms with Crippen LogP contribution in [0, 0.1) is 12.3 Å². The SMILES string of the molecule is C#CC1(c2ccc3c(c2)CCO3)CC1. The summed E-state index contributed by atoms with van der Waals surface area (Å²) in [4.78, 5) is 0. The first kappa shape index (κ1) is 7.94. The largest absolute Gasteiger partial charge is 0.493 e. The van der Waals surface area contributed by atoms with Crippen LogP contribution in [0.2, 0.25) is 0 Å². The quantitative estimate of drug-likeness (QED) is 0.608. The summed E-state index contributed by atoms with van der Waals surface area (Å²) in [5.74, 6) is 3.96. The summed E-state index contributed by atoms with van der Waals surface area (Å²) in [6, 6.07) is 6.42. The smallest absolute Gasteiger partial charge is 0.122 e. The van der Waals surface area contributed by atoms with E-state index in [4.69, 9.17) is 11.2 Å². The second-order valence-electron chi connectivity index (χ2n) is 4.15. The van der Waals surface area contributed by atoms with Crippen LogP contribution in [0.1, 0.15) is 24.0 Å². The molecule has 1 heteroatoms. The van der Waals surface area contributed by atoms with E-state index in [0.29, 0.717) is 0 Å². The van der Waals surface area contributed by atoms with Gasteiger partial charge in [0.25, 0.3) is 0 Å². The molecule has 1 saturated carbocycles. The average molecular weight is 184 g/mol. The Bertz CT molecular complexity index is 421. The van der Waals surface area contributed by atoms with E-state index in [0.717, 1.165) is 31.6 Å². The Balaban J connectivity index is 2.06. The predicted octanol–water partition coefficient (Wildman–Crippen LogP) is 2.29. The molecule has 70 valence electrons. The van der Waals surface area contributed by atoms with Crippen molar-refractivity contribution in [3.63, 3.8) is 0 Å². The van der Waals surface area contributed by atoms with Gasteiger partial charge in [0.05, 0.1) is 12.0 Å². The maximum absolute atomic E-state index is 5.56. The summed E-state index contributed by atoms with van der Waals surface area (Å²) in [6.45, 7) is 0.821. The third-order valence-electron chi connectivity index (χ3n) is 3.27. The summed E-state index contributed by atoms with van der Waals surface area (Å²) in [6.07, 6.45) is 8.88. The Hall–Kier alpha value is -1.42. The molecule has 0 bridgehead atoms. The summed E-state index contributed by atoms with van der Waals surface area (Å²) in [5.41, 5.74) is 2.70. The highest BCUT2D eigenvalue weighted by molar-refractivity contribution is 5.47. The first-order valence-electron chi connectivity index (χ1n) is 5.08. The Morgan fingerprint density at radius 2 is 2.21 bits per heavy atom. The van der Waals surface area contributed by atoms with Crippen molar-refractivity contribution in [1.82, 2.24) is 0 Å². The van der Waals surface area contributed by atoms with Gasteiger partial charge in [0, 0.05) is 6.42 Å². The molecule has 1 aliphatic heterocycles. The van der Waals surface area contributed by atoms with E-state index in [9.17, 15) is 0 Å². The lowest BCUT2D eigenvalue weighted by atomic mass is 9.95. The van der Waals surface area contributed by atoms with Gasteiger partial charge in [-0.25, -0.2) is 0 Å². The molecule has 1 aromatic carbocycles. The predicted molar refractivity (Wildman–Crippen MR) is 55.4 cm³/mol. The fourth-order valence-electron chi connectivity index (χ4n) is 2.13. The normalized spacial score (nSPS) is 20.8. The number of benzene rings is 1. The molecule has 0 aromatic heterocycles. The van der Waals surface area contributed by atoms with Gasteiger partial charge in [-0.15, -0.1) is 6.42 Å². The molecule has 0 atom stereocenters. The van der Waals surface area contributed by atoms with Crippen molar-refractivity contribution in [2.45, 2.75) is 24.7 Å². The molecule has 1 aliphatic carbocycles. The molecule has 2 aliphatic rings. The van der Waals surface area contributed by atoms with Crippen LogP contribution in [0.15, 0.2) is 18.2 Å². The minimum atomic E-state index is 0.0671.